The minimum atomic E-state index is -4.69. The van der Waals surface area contributed by atoms with E-state index in [4.69, 9.17) is 11.6 Å². The van der Waals surface area contributed by atoms with Gasteiger partial charge >= 0.3 is 6.18 Å². The molecule has 0 N–H and O–H groups in total. The maximum Gasteiger partial charge on any atom is 0.417 e. The first kappa shape index (κ1) is 12.5. The first-order valence-corrected chi connectivity index (χ1v) is 5.35. The molecule has 0 atom stereocenters. The number of fused-ring (bicyclic) bond motifs is 1. The van der Waals surface area contributed by atoms with Gasteiger partial charge in [-0.3, -0.25) is 0 Å². The van der Waals surface area contributed by atoms with E-state index in [1.807, 2.05) is 0 Å². The highest BCUT2D eigenvalue weighted by molar-refractivity contribution is 9.10. The number of alkyl halides is 3. The Morgan fingerprint density at radius 3 is 2.47 bits per heavy atom. The highest BCUT2D eigenvalue weighted by Crippen LogP contribution is 2.39. The van der Waals surface area contributed by atoms with Gasteiger partial charge in [-0.15, -0.1) is 0 Å². The third-order valence-electron chi connectivity index (χ3n) is 2.07. The van der Waals surface area contributed by atoms with Crippen molar-refractivity contribution in [3.8, 4) is 0 Å². The molecule has 1 aromatic heterocycles. The van der Waals surface area contributed by atoms with Crippen LogP contribution in [0, 0.1) is 5.82 Å². The van der Waals surface area contributed by atoms with Crippen LogP contribution >= 0.6 is 27.5 Å². The summed E-state index contributed by atoms with van der Waals surface area (Å²) in [5.74, 6) is -1.11. The number of halogens is 6. The van der Waals surface area contributed by atoms with Crippen LogP contribution in [0.2, 0.25) is 5.15 Å². The molecular formula is C9H2BrClF4N2. The van der Waals surface area contributed by atoms with E-state index >= 15 is 0 Å². The van der Waals surface area contributed by atoms with Crippen molar-refractivity contribution in [1.82, 2.24) is 9.97 Å². The van der Waals surface area contributed by atoms with E-state index in [1.165, 1.54) is 0 Å². The fourth-order valence-electron chi connectivity index (χ4n) is 1.31. The molecule has 0 spiro atoms. The highest BCUT2D eigenvalue weighted by Gasteiger charge is 2.35. The van der Waals surface area contributed by atoms with E-state index in [1.54, 1.807) is 0 Å². The van der Waals surface area contributed by atoms with Crippen LogP contribution in [0.15, 0.2) is 16.9 Å². The maximum atomic E-state index is 13.7. The molecule has 17 heavy (non-hydrogen) atoms. The molecule has 0 aliphatic heterocycles. The number of rotatable bonds is 0. The van der Waals surface area contributed by atoms with Crippen molar-refractivity contribution < 1.29 is 17.6 Å². The van der Waals surface area contributed by atoms with Crippen molar-refractivity contribution in [2.75, 3.05) is 0 Å². The number of nitrogens with zero attached hydrogens (tertiary/aromatic N) is 2. The lowest BCUT2D eigenvalue weighted by Gasteiger charge is -2.11. The average molecular weight is 329 g/mol. The van der Waals surface area contributed by atoms with E-state index in [0.717, 1.165) is 6.33 Å². The third-order valence-corrected chi connectivity index (χ3v) is 3.14. The molecule has 2 aromatic rings. The predicted molar refractivity (Wildman–Crippen MR) is 57.2 cm³/mol. The topological polar surface area (TPSA) is 25.8 Å². The van der Waals surface area contributed by atoms with Crippen molar-refractivity contribution in [2.24, 2.45) is 0 Å². The van der Waals surface area contributed by atoms with Crippen LogP contribution in [-0.4, -0.2) is 9.97 Å². The summed E-state index contributed by atoms with van der Waals surface area (Å²) in [5.41, 5.74) is -1.41. The van der Waals surface area contributed by atoms with Crippen molar-refractivity contribution >= 4 is 38.4 Å². The SMILES string of the molecule is Fc1c(Br)c(C(F)(F)F)cc2c(Cl)ncnc12. The van der Waals surface area contributed by atoms with Crippen molar-refractivity contribution in [1.29, 1.82) is 0 Å². The second-order valence-corrected chi connectivity index (χ2v) is 4.26. The Labute approximate surface area is 106 Å². The molecule has 0 amide bonds. The molecule has 0 radical (unpaired) electrons. The zero-order chi connectivity index (χ0) is 12.8. The standard InChI is InChI=1S/C9H2BrClF4N2/c10-5-4(9(13,14)15)1-3-7(6(5)12)16-2-17-8(3)11/h1-2H. The molecule has 2 nitrogen and oxygen atoms in total. The van der Waals surface area contributed by atoms with E-state index in [0.29, 0.717) is 6.07 Å². The Kier molecular flexibility index (Phi) is 2.99. The van der Waals surface area contributed by atoms with Gasteiger partial charge in [0.05, 0.1) is 10.0 Å². The fraction of sp³-hybridized carbons (Fsp3) is 0.111. The summed E-state index contributed by atoms with van der Waals surface area (Å²) in [6.07, 6.45) is -3.71. The normalized spacial score (nSPS) is 12.1. The van der Waals surface area contributed by atoms with E-state index < -0.39 is 22.0 Å². The van der Waals surface area contributed by atoms with Crippen molar-refractivity contribution in [3.63, 3.8) is 0 Å². The first-order chi connectivity index (χ1) is 7.82. The molecule has 0 saturated carbocycles. The zero-order valence-electron chi connectivity index (χ0n) is 7.82. The minimum Gasteiger partial charge on any atom is -0.233 e. The van der Waals surface area contributed by atoms with Gasteiger partial charge in [-0.2, -0.15) is 13.2 Å². The van der Waals surface area contributed by atoms with Gasteiger partial charge in [0.15, 0.2) is 5.82 Å². The molecule has 1 heterocycles. The Morgan fingerprint density at radius 1 is 1.24 bits per heavy atom. The number of benzene rings is 1. The highest BCUT2D eigenvalue weighted by atomic mass is 79.9. The van der Waals surface area contributed by atoms with Gasteiger partial charge in [0, 0.05) is 5.39 Å². The lowest BCUT2D eigenvalue weighted by Crippen LogP contribution is -2.08. The predicted octanol–water partition coefficient (Wildman–Crippen LogP) is 4.20. The van der Waals surface area contributed by atoms with Crippen LogP contribution in [-0.2, 0) is 6.18 Å². The first-order valence-electron chi connectivity index (χ1n) is 4.17. The lowest BCUT2D eigenvalue weighted by atomic mass is 10.1. The average Bonchev–Trinajstić information content (AvgIpc) is 2.22. The molecule has 0 saturated heterocycles. The summed E-state index contributed by atoms with van der Waals surface area (Å²) in [5, 5.41) is -0.408. The molecule has 8 heteroatoms. The molecular weight excluding hydrogens is 327 g/mol. The molecule has 1 aromatic carbocycles. The fourth-order valence-corrected chi connectivity index (χ4v) is 2.03. The summed E-state index contributed by atoms with van der Waals surface area (Å²) in [7, 11) is 0. The smallest absolute Gasteiger partial charge is 0.233 e. The summed E-state index contributed by atoms with van der Waals surface area (Å²) < 4.78 is 50.8. The van der Waals surface area contributed by atoms with Gasteiger partial charge in [0.2, 0.25) is 0 Å². The van der Waals surface area contributed by atoms with E-state index in [-0.39, 0.29) is 16.1 Å². The third kappa shape index (κ3) is 2.09. The summed E-state index contributed by atoms with van der Waals surface area (Å²) in [4.78, 5) is 7.06. The van der Waals surface area contributed by atoms with Crippen LogP contribution in [0.4, 0.5) is 17.6 Å². The van der Waals surface area contributed by atoms with Gasteiger partial charge in [0.25, 0.3) is 0 Å². The largest absolute Gasteiger partial charge is 0.417 e. The van der Waals surface area contributed by atoms with Gasteiger partial charge in [-0.05, 0) is 22.0 Å². The molecule has 0 aliphatic rings. The second kappa shape index (κ2) is 4.06. The van der Waals surface area contributed by atoms with Crippen LogP contribution in [0.1, 0.15) is 5.56 Å². The number of hydrogen-bond donors (Lipinski definition) is 0. The Morgan fingerprint density at radius 2 is 1.88 bits per heavy atom. The zero-order valence-corrected chi connectivity index (χ0v) is 10.2. The quantitative estimate of drug-likeness (QED) is 0.535. The summed E-state index contributed by atoms with van der Waals surface area (Å²) in [6, 6.07) is 0.713. The molecule has 0 bridgehead atoms. The van der Waals surface area contributed by atoms with Crippen LogP contribution in [0.3, 0.4) is 0 Å². The minimum absolute atomic E-state index is 0.179. The Balaban J connectivity index is 2.91. The summed E-state index contributed by atoms with van der Waals surface area (Å²) >= 11 is 8.17. The van der Waals surface area contributed by atoms with Crippen LogP contribution in [0.5, 0.6) is 0 Å². The number of hydrogen-bond acceptors (Lipinski definition) is 2. The van der Waals surface area contributed by atoms with Gasteiger partial charge < -0.3 is 0 Å². The van der Waals surface area contributed by atoms with Crippen molar-refractivity contribution in [3.05, 3.63) is 33.4 Å². The lowest BCUT2D eigenvalue weighted by molar-refractivity contribution is -0.138. The van der Waals surface area contributed by atoms with Gasteiger partial charge in [0.1, 0.15) is 17.0 Å². The molecule has 0 aliphatic carbocycles. The molecule has 0 unspecified atom stereocenters. The number of aromatic nitrogens is 2. The molecule has 0 fully saturated rings. The maximum absolute atomic E-state index is 13.7. The van der Waals surface area contributed by atoms with Crippen molar-refractivity contribution in [2.45, 2.75) is 6.18 Å². The Hall–Kier alpha value is -0.950. The van der Waals surface area contributed by atoms with Gasteiger partial charge in [-0.25, -0.2) is 14.4 Å². The van der Waals surface area contributed by atoms with E-state index in [9.17, 15) is 17.6 Å². The van der Waals surface area contributed by atoms with Gasteiger partial charge in [-0.1, -0.05) is 11.6 Å². The van der Waals surface area contributed by atoms with E-state index in [2.05, 4.69) is 25.9 Å². The molecule has 90 valence electrons. The Bertz CT molecular complexity index is 600. The van der Waals surface area contributed by atoms with Crippen LogP contribution in [0.25, 0.3) is 10.9 Å². The molecule has 2 rings (SSSR count). The second-order valence-electron chi connectivity index (χ2n) is 3.11. The summed E-state index contributed by atoms with van der Waals surface area (Å²) in [6.45, 7) is 0. The van der Waals surface area contributed by atoms with Crippen LogP contribution < -0.4 is 0 Å². The monoisotopic (exact) mass is 328 g/mol.